The molecule has 0 saturated carbocycles. The summed E-state index contributed by atoms with van der Waals surface area (Å²) in [7, 11) is 0. The zero-order chi connectivity index (χ0) is 10.2. The Labute approximate surface area is 85.6 Å². The summed E-state index contributed by atoms with van der Waals surface area (Å²) >= 11 is 0. The Kier molecular flexibility index (Phi) is 2.20. The lowest BCUT2D eigenvalue weighted by Crippen LogP contribution is -2.34. The van der Waals surface area contributed by atoms with Crippen LogP contribution < -0.4 is 5.73 Å². The van der Waals surface area contributed by atoms with Crippen LogP contribution in [-0.4, -0.2) is 0 Å². The predicted octanol–water partition coefficient (Wildman–Crippen LogP) is 2.81. The van der Waals surface area contributed by atoms with E-state index in [2.05, 4.69) is 44.2 Å². The van der Waals surface area contributed by atoms with E-state index >= 15 is 0 Å². The van der Waals surface area contributed by atoms with Crippen LogP contribution >= 0.6 is 0 Å². The first kappa shape index (κ1) is 9.47. The third-order valence-electron chi connectivity index (χ3n) is 3.05. The quantitative estimate of drug-likeness (QED) is 0.672. The highest BCUT2D eigenvalue weighted by atomic mass is 14.7. The summed E-state index contributed by atoms with van der Waals surface area (Å²) in [5, 5.41) is 0. The van der Waals surface area contributed by atoms with E-state index in [1.807, 2.05) is 0 Å². The Hall–Kier alpha value is -1.08. The molecule has 0 heterocycles. The Balaban J connectivity index is 2.41. The molecule has 0 bridgehead atoms. The van der Waals surface area contributed by atoms with Crippen molar-refractivity contribution in [2.45, 2.75) is 32.2 Å². The topological polar surface area (TPSA) is 26.0 Å². The molecule has 0 unspecified atom stereocenters. The van der Waals surface area contributed by atoms with Crippen molar-refractivity contribution in [2.24, 2.45) is 5.73 Å². The maximum absolute atomic E-state index is 6.37. The van der Waals surface area contributed by atoms with Gasteiger partial charge in [0.1, 0.15) is 0 Å². The van der Waals surface area contributed by atoms with Gasteiger partial charge < -0.3 is 5.73 Å². The van der Waals surface area contributed by atoms with E-state index in [1.165, 1.54) is 16.7 Å². The second-order valence-electron chi connectivity index (χ2n) is 4.35. The van der Waals surface area contributed by atoms with Crippen molar-refractivity contribution >= 4 is 0 Å². The Morgan fingerprint density at radius 1 is 1.14 bits per heavy atom. The summed E-state index contributed by atoms with van der Waals surface area (Å²) in [6.45, 7) is 4.27. The molecule has 1 nitrogen and oxygen atoms in total. The van der Waals surface area contributed by atoms with Gasteiger partial charge in [0.15, 0.2) is 0 Å². The van der Waals surface area contributed by atoms with E-state index in [0.717, 1.165) is 12.8 Å². The second-order valence-corrected chi connectivity index (χ2v) is 4.35. The minimum Gasteiger partial charge on any atom is -0.321 e. The van der Waals surface area contributed by atoms with Crippen molar-refractivity contribution < 1.29 is 0 Å². The van der Waals surface area contributed by atoms with Crippen LogP contribution in [0, 0.1) is 13.8 Å². The van der Waals surface area contributed by atoms with Gasteiger partial charge in [-0.3, -0.25) is 0 Å². The average molecular weight is 187 g/mol. The number of hydrogen-bond donors (Lipinski definition) is 1. The van der Waals surface area contributed by atoms with Crippen molar-refractivity contribution in [3.05, 3.63) is 47.0 Å². The van der Waals surface area contributed by atoms with Gasteiger partial charge in [-0.25, -0.2) is 0 Å². The molecule has 74 valence electrons. The number of aryl methyl sites for hydroxylation is 2. The Bertz CT molecular complexity index is 369. The highest BCUT2D eigenvalue weighted by Crippen LogP contribution is 2.33. The fraction of sp³-hybridized carbons (Fsp3) is 0.385. The van der Waals surface area contributed by atoms with Gasteiger partial charge in [0.25, 0.3) is 0 Å². The van der Waals surface area contributed by atoms with E-state index in [9.17, 15) is 0 Å². The van der Waals surface area contributed by atoms with E-state index in [1.54, 1.807) is 0 Å². The van der Waals surface area contributed by atoms with Gasteiger partial charge >= 0.3 is 0 Å². The lowest BCUT2D eigenvalue weighted by Gasteiger charge is -2.26. The van der Waals surface area contributed by atoms with Crippen LogP contribution in [0.3, 0.4) is 0 Å². The molecule has 0 atom stereocenters. The van der Waals surface area contributed by atoms with Crippen LogP contribution in [-0.2, 0) is 5.54 Å². The molecule has 0 spiro atoms. The van der Waals surface area contributed by atoms with Crippen LogP contribution in [0.5, 0.6) is 0 Å². The van der Waals surface area contributed by atoms with E-state index in [0.29, 0.717) is 0 Å². The summed E-state index contributed by atoms with van der Waals surface area (Å²) in [5.74, 6) is 0. The van der Waals surface area contributed by atoms with Crippen molar-refractivity contribution in [2.75, 3.05) is 0 Å². The molecule has 0 saturated heterocycles. The lowest BCUT2D eigenvalue weighted by atomic mass is 9.85. The molecule has 1 heteroatoms. The summed E-state index contributed by atoms with van der Waals surface area (Å²) in [4.78, 5) is 0. The SMILES string of the molecule is Cc1ccc(C2(N)CC=CC2)c(C)c1. The van der Waals surface area contributed by atoms with Gasteiger partial charge in [0.05, 0.1) is 0 Å². The molecular weight excluding hydrogens is 170 g/mol. The summed E-state index contributed by atoms with van der Waals surface area (Å²) in [6, 6.07) is 6.54. The molecule has 0 fully saturated rings. The Morgan fingerprint density at radius 3 is 2.36 bits per heavy atom. The zero-order valence-electron chi connectivity index (χ0n) is 8.88. The van der Waals surface area contributed by atoms with Gasteiger partial charge in [-0.05, 0) is 37.8 Å². The van der Waals surface area contributed by atoms with Gasteiger partial charge in [-0.15, -0.1) is 0 Å². The maximum atomic E-state index is 6.37. The molecule has 0 aromatic heterocycles. The predicted molar refractivity (Wildman–Crippen MR) is 60.2 cm³/mol. The first-order chi connectivity index (χ1) is 6.62. The molecule has 1 aromatic rings. The summed E-state index contributed by atoms with van der Waals surface area (Å²) < 4.78 is 0. The zero-order valence-corrected chi connectivity index (χ0v) is 8.88. The number of benzene rings is 1. The molecule has 1 aliphatic carbocycles. The minimum atomic E-state index is -0.141. The van der Waals surface area contributed by atoms with Gasteiger partial charge in [0, 0.05) is 5.54 Å². The first-order valence-corrected chi connectivity index (χ1v) is 5.13. The van der Waals surface area contributed by atoms with Crippen LogP contribution in [0.2, 0.25) is 0 Å². The molecule has 2 N–H and O–H groups in total. The molecule has 1 aromatic carbocycles. The smallest absolute Gasteiger partial charge is 0.0481 e. The van der Waals surface area contributed by atoms with E-state index < -0.39 is 0 Å². The van der Waals surface area contributed by atoms with Crippen LogP contribution in [0.4, 0.5) is 0 Å². The number of nitrogens with two attached hydrogens (primary N) is 1. The van der Waals surface area contributed by atoms with E-state index in [-0.39, 0.29) is 5.54 Å². The Morgan fingerprint density at radius 2 is 1.79 bits per heavy atom. The molecule has 0 aliphatic heterocycles. The minimum absolute atomic E-state index is 0.141. The fourth-order valence-corrected chi connectivity index (χ4v) is 2.26. The van der Waals surface area contributed by atoms with Crippen LogP contribution in [0.25, 0.3) is 0 Å². The normalized spacial score (nSPS) is 18.8. The first-order valence-electron chi connectivity index (χ1n) is 5.13. The fourth-order valence-electron chi connectivity index (χ4n) is 2.26. The molecule has 2 rings (SSSR count). The highest BCUT2D eigenvalue weighted by Gasteiger charge is 2.29. The van der Waals surface area contributed by atoms with Crippen LogP contribution in [0.1, 0.15) is 29.5 Å². The molecular formula is C13H17N. The average Bonchev–Trinajstić information content (AvgIpc) is 2.52. The number of hydrogen-bond acceptors (Lipinski definition) is 1. The monoisotopic (exact) mass is 187 g/mol. The second kappa shape index (κ2) is 3.25. The third-order valence-corrected chi connectivity index (χ3v) is 3.05. The van der Waals surface area contributed by atoms with Crippen molar-refractivity contribution in [1.29, 1.82) is 0 Å². The largest absolute Gasteiger partial charge is 0.321 e. The van der Waals surface area contributed by atoms with Gasteiger partial charge in [-0.2, -0.15) is 0 Å². The lowest BCUT2D eigenvalue weighted by molar-refractivity contribution is 0.477. The highest BCUT2D eigenvalue weighted by molar-refractivity contribution is 5.37. The van der Waals surface area contributed by atoms with Crippen molar-refractivity contribution in [1.82, 2.24) is 0 Å². The maximum Gasteiger partial charge on any atom is 0.0481 e. The van der Waals surface area contributed by atoms with Crippen molar-refractivity contribution in [3.63, 3.8) is 0 Å². The van der Waals surface area contributed by atoms with Crippen LogP contribution in [0.15, 0.2) is 30.4 Å². The van der Waals surface area contributed by atoms with Gasteiger partial charge in [-0.1, -0.05) is 35.9 Å². The van der Waals surface area contributed by atoms with Crippen molar-refractivity contribution in [3.8, 4) is 0 Å². The van der Waals surface area contributed by atoms with Gasteiger partial charge in [0.2, 0.25) is 0 Å². The summed E-state index contributed by atoms with van der Waals surface area (Å²) in [5.41, 5.74) is 10.1. The molecule has 0 amide bonds. The molecule has 0 radical (unpaired) electrons. The summed E-state index contributed by atoms with van der Waals surface area (Å²) in [6.07, 6.45) is 6.30. The molecule has 1 aliphatic rings. The third kappa shape index (κ3) is 1.48. The van der Waals surface area contributed by atoms with E-state index in [4.69, 9.17) is 5.73 Å². The standard InChI is InChI=1S/C13H17N/c1-10-5-6-12(11(2)9-10)13(14)7-3-4-8-13/h3-6,9H,7-8,14H2,1-2H3. The number of rotatable bonds is 1. The molecule has 14 heavy (non-hydrogen) atoms.